The van der Waals surface area contributed by atoms with Crippen LogP contribution >= 0.6 is 0 Å². The Labute approximate surface area is 103 Å². The lowest BCUT2D eigenvalue weighted by molar-refractivity contribution is -0.146. The second-order valence-electron chi connectivity index (χ2n) is 3.65. The van der Waals surface area contributed by atoms with Crippen LogP contribution in [0.1, 0.15) is 12.1 Å². The minimum Gasteiger partial charge on any atom is -0.479 e. The fourth-order valence-corrected chi connectivity index (χ4v) is 1.24. The summed E-state index contributed by atoms with van der Waals surface area (Å²) in [6, 6.07) is -0.396. The summed E-state index contributed by atoms with van der Waals surface area (Å²) < 4.78 is 0. The lowest BCUT2D eigenvalue weighted by atomic mass is 10.2. The lowest BCUT2D eigenvalue weighted by Gasteiger charge is -2.08. The number of carboxylic acid groups (broad SMARTS) is 1. The van der Waals surface area contributed by atoms with Crippen LogP contribution in [-0.4, -0.2) is 51.4 Å². The number of aromatic nitrogens is 2. The highest BCUT2D eigenvalue weighted by Crippen LogP contribution is 1.91. The first-order chi connectivity index (χ1) is 8.59. The number of aliphatic carboxylic acids is 1. The van der Waals surface area contributed by atoms with Crippen molar-refractivity contribution in [2.45, 2.75) is 18.9 Å². The first kappa shape index (κ1) is 14.0. The number of aromatic amines is 1. The molecule has 8 nitrogen and oxygen atoms in total. The fraction of sp³-hybridized carbons (Fsp3) is 0.500. The monoisotopic (exact) mass is 256 g/mol. The Hall–Kier alpha value is -2.09. The number of nitrogens with one attached hydrogen (secondary N) is 3. The van der Waals surface area contributed by atoms with Gasteiger partial charge in [0.1, 0.15) is 0 Å². The smallest absolute Gasteiger partial charge is 0.332 e. The molecule has 18 heavy (non-hydrogen) atoms. The Balaban J connectivity index is 2.05. The molecule has 8 heteroatoms. The molecule has 0 saturated heterocycles. The maximum absolute atomic E-state index is 11.2. The number of carbonyl (C=O) groups excluding carboxylic acids is 1. The maximum Gasteiger partial charge on any atom is 0.332 e. The van der Waals surface area contributed by atoms with Gasteiger partial charge in [0.15, 0.2) is 6.10 Å². The summed E-state index contributed by atoms with van der Waals surface area (Å²) in [5.74, 6) is -1.29. The third-order valence-corrected chi connectivity index (χ3v) is 2.22. The van der Waals surface area contributed by atoms with Crippen molar-refractivity contribution in [2.75, 3.05) is 13.1 Å². The summed E-state index contributed by atoms with van der Waals surface area (Å²) >= 11 is 0. The largest absolute Gasteiger partial charge is 0.479 e. The van der Waals surface area contributed by atoms with E-state index in [0.29, 0.717) is 13.0 Å². The SMILES string of the molecule is O=C(NCCc1cnc[nH]1)NCCC(O)C(=O)O. The van der Waals surface area contributed by atoms with Crippen LogP contribution < -0.4 is 10.6 Å². The van der Waals surface area contributed by atoms with E-state index in [1.807, 2.05) is 0 Å². The van der Waals surface area contributed by atoms with Gasteiger partial charge in [-0.15, -0.1) is 0 Å². The van der Waals surface area contributed by atoms with Crippen molar-refractivity contribution in [3.05, 3.63) is 18.2 Å². The number of urea groups is 1. The molecule has 1 heterocycles. The number of rotatable bonds is 7. The van der Waals surface area contributed by atoms with Crippen LogP contribution in [-0.2, 0) is 11.2 Å². The second-order valence-corrected chi connectivity index (χ2v) is 3.65. The summed E-state index contributed by atoms with van der Waals surface area (Å²) in [6.45, 7) is 0.541. The first-order valence-corrected chi connectivity index (χ1v) is 5.49. The van der Waals surface area contributed by atoms with Gasteiger partial charge in [-0.05, 0) is 0 Å². The predicted molar refractivity (Wildman–Crippen MR) is 62.0 cm³/mol. The number of imidazole rings is 1. The van der Waals surface area contributed by atoms with Crippen molar-refractivity contribution in [3.8, 4) is 0 Å². The topological polar surface area (TPSA) is 127 Å². The summed E-state index contributed by atoms with van der Waals surface area (Å²) in [5, 5.41) is 22.4. The second kappa shape index (κ2) is 7.28. The molecular weight excluding hydrogens is 240 g/mol. The van der Waals surface area contributed by atoms with E-state index in [1.54, 1.807) is 12.5 Å². The van der Waals surface area contributed by atoms with Crippen molar-refractivity contribution in [3.63, 3.8) is 0 Å². The van der Waals surface area contributed by atoms with Crippen molar-refractivity contribution >= 4 is 12.0 Å². The van der Waals surface area contributed by atoms with Gasteiger partial charge in [0.2, 0.25) is 0 Å². The number of hydrogen-bond acceptors (Lipinski definition) is 4. The third-order valence-electron chi connectivity index (χ3n) is 2.22. The van der Waals surface area contributed by atoms with E-state index >= 15 is 0 Å². The Morgan fingerprint density at radius 3 is 2.72 bits per heavy atom. The van der Waals surface area contributed by atoms with Gasteiger partial charge in [-0.25, -0.2) is 14.6 Å². The highest BCUT2D eigenvalue weighted by Gasteiger charge is 2.12. The summed E-state index contributed by atoms with van der Waals surface area (Å²) in [4.78, 5) is 28.3. The summed E-state index contributed by atoms with van der Waals surface area (Å²) in [7, 11) is 0. The zero-order valence-electron chi connectivity index (χ0n) is 9.72. The molecule has 0 radical (unpaired) electrons. The predicted octanol–water partition coefficient (Wildman–Crippen LogP) is -0.913. The summed E-state index contributed by atoms with van der Waals surface area (Å²) in [5.41, 5.74) is 0.914. The van der Waals surface area contributed by atoms with Crippen molar-refractivity contribution < 1.29 is 19.8 Å². The van der Waals surface area contributed by atoms with Gasteiger partial charge in [-0.2, -0.15) is 0 Å². The molecule has 0 aliphatic heterocycles. The minimum absolute atomic E-state index is 0.0245. The molecule has 0 bridgehead atoms. The van der Waals surface area contributed by atoms with Gasteiger partial charge >= 0.3 is 12.0 Å². The van der Waals surface area contributed by atoms with E-state index in [4.69, 9.17) is 10.2 Å². The van der Waals surface area contributed by atoms with Crippen LogP contribution in [0.25, 0.3) is 0 Å². The molecule has 5 N–H and O–H groups in total. The van der Waals surface area contributed by atoms with Crippen LogP contribution in [0.3, 0.4) is 0 Å². The van der Waals surface area contributed by atoms with Crippen LogP contribution in [0.5, 0.6) is 0 Å². The molecule has 1 aromatic rings. The Morgan fingerprint density at radius 1 is 1.39 bits per heavy atom. The Kier molecular flexibility index (Phi) is 5.65. The number of aliphatic hydroxyl groups is 1. The normalized spacial score (nSPS) is 11.8. The highest BCUT2D eigenvalue weighted by atomic mass is 16.4. The van der Waals surface area contributed by atoms with Gasteiger partial charge in [0, 0.05) is 37.8 Å². The zero-order chi connectivity index (χ0) is 13.4. The number of carboxylic acids is 1. The van der Waals surface area contributed by atoms with Gasteiger partial charge in [0.25, 0.3) is 0 Å². The molecule has 1 unspecified atom stereocenters. The molecule has 1 rings (SSSR count). The van der Waals surface area contributed by atoms with E-state index in [1.165, 1.54) is 0 Å². The number of aliphatic hydroxyl groups excluding tert-OH is 1. The van der Waals surface area contributed by atoms with E-state index in [0.717, 1.165) is 5.69 Å². The Bertz CT molecular complexity index is 379. The number of hydrogen-bond donors (Lipinski definition) is 5. The van der Waals surface area contributed by atoms with E-state index in [-0.39, 0.29) is 13.0 Å². The lowest BCUT2D eigenvalue weighted by Crippen LogP contribution is -2.38. The van der Waals surface area contributed by atoms with Crippen LogP contribution in [0, 0.1) is 0 Å². The standard InChI is InChI=1S/C10H16N4O4/c15-8(9(16)17)2-4-13-10(18)12-3-1-7-5-11-6-14-7/h5-6,8,15H,1-4H2,(H,11,14)(H,16,17)(H2,12,13,18). The van der Waals surface area contributed by atoms with E-state index in [9.17, 15) is 9.59 Å². The minimum atomic E-state index is -1.45. The number of H-pyrrole nitrogens is 1. The maximum atomic E-state index is 11.2. The average Bonchev–Trinajstić information content (AvgIpc) is 2.81. The zero-order valence-corrected chi connectivity index (χ0v) is 9.72. The van der Waals surface area contributed by atoms with E-state index < -0.39 is 18.1 Å². The van der Waals surface area contributed by atoms with Gasteiger partial charge < -0.3 is 25.8 Å². The molecule has 1 aromatic heterocycles. The third kappa shape index (κ3) is 5.30. The molecule has 0 aliphatic carbocycles. The van der Waals surface area contributed by atoms with Crippen molar-refractivity contribution in [2.24, 2.45) is 0 Å². The quantitative estimate of drug-likeness (QED) is 0.431. The molecule has 0 saturated carbocycles. The number of amides is 2. The first-order valence-electron chi connectivity index (χ1n) is 5.49. The molecule has 0 aromatic carbocycles. The van der Waals surface area contributed by atoms with Gasteiger partial charge in [-0.1, -0.05) is 0 Å². The summed E-state index contributed by atoms with van der Waals surface area (Å²) in [6.07, 6.45) is 2.38. The van der Waals surface area contributed by atoms with Crippen molar-refractivity contribution in [1.29, 1.82) is 0 Å². The van der Waals surface area contributed by atoms with Gasteiger partial charge in [-0.3, -0.25) is 0 Å². The fourth-order valence-electron chi connectivity index (χ4n) is 1.24. The number of nitrogens with zero attached hydrogens (tertiary/aromatic N) is 1. The van der Waals surface area contributed by atoms with Gasteiger partial charge in [0.05, 0.1) is 6.33 Å². The molecular formula is C10H16N4O4. The molecule has 0 fully saturated rings. The molecule has 0 spiro atoms. The van der Waals surface area contributed by atoms with Crippen LogP contribution in [0.15, 0.2) is 12.5 Å². The van der Waals surface area contributed by atoms with Crippen molar-refractivity contribution in [1.82, 2.24) is 20.6 Å². The Morgan fingerprint density at radius 2 is 2.11 bits per heavy atom. The molecule has 0 aliphatic rings. The number of carbonyl (C=O) groups is 2. The molecule has 1 atom stereocenters. The molecule has 100 valence electrons. The van der Waals surface area contributed by atoms with Crippen LogP contribution in [0.2, 0.25) is 0 Å². The average molecular weight is 256 g/mol. The van der Waals surface area contributed by atoms with E-state index in [2.05, 4.69) is 20.6 Å². The highest BCUT2D eigenvalue weighted by molar-refractivity contribution is 5.74. The van der Waals surface area contributed by atoms with Crippen LogP contribution in [0.4, 0.5) is 4.79 Å². The molecule has 2 amide bonds.